The van der Waals surface area contributed by atoms with Crippen molar-refractivity contribution in [3.05, 3.63) is 84.0 Å². The predicted octanol–water partition coefficient (Wildman–Crippen LogP) is 4.66. The zero-order chi connectivity index (χ0) is 27.6. The Morgan fingerprint density at radius 1 is 0.842 bits per heavy atom. The molecule has 0 radical (unpaired) electrons. The minimum absolute atomic E-state index is 0.0825. The highest BCUT2D eigenvalue weighted by molar-refractivity contribution is 5.83. The molecule has 1 aliphatic rings. The SMILES string of the molecule is COc1cc2c(c(OC)c1OC)-c1ccc(=O)c(OC)cc1[C@@H](Nc1ccc([N+](=O)[O-])cc1[N+](=O)[O-])CC2. The topological polar surface area (TPSA) is 152 Å². The Kier molecular flexibility index (Phi) is 7.33. The summed E-state index contributed by atoms with van der Waals surface area (Å²) < 4.78 is 22.2. The predicted molar refractivity (Wildman–Crippen MR) is 139 cm³/mol. The van der Waals surface area contributed by atoms with Gasteiger partial charge in [0.25, 0.3) is 11.4 Å². The van der Waals surface area contributed by atoms with E-state index in [-0.39, 0.29) is 16.9 Å². The summed E-state index contributed by atoms with van der Waals surface area (Å²) >= 11 is 0. The number of rotatable bonds is 8. The molecule has 0 saturated carbocycles. The number of hydrogen-bond donors (Lipinski definition) is 1. The first kappa shape index (κ1) is 26.2. The van der Waals surface area contributed by atoms with Gasteiger partial charge in [-0.3, -0.25) is 25.0 Å². The lowest BCUT2D eigenvalue weighted by Crippen LogP contribution is -2.13. The van der Waals surface area contributed by atoms with Crippen LogP contribution in [0.1, 0.15) is 23.6 Å². The number of aryl methyl sites for hydroxylation is 1. The summed E-state index contributed by atoms with van der Waals surface area (Å²) in [5.74, 6) is 1.32. The van der Waals surface area contributed by atoms with Gasteiger partial charge in [-0.25, -0.2) is 0 Å². The van der Waals surface area contributed by atoms with Crippen LogP contribution >= 0.6 is 0 Å². The lowest BCUT2D eigenvalue weighted by molar-refractivity contribution is -0.393. The lowest BCUT2D eigenvalue weighted by Gasteiger charge is -2.21. The van der Waals surface area contributed by atoms with Crippen LogP contribution in [0.3, 0.4) is 0 Å². The molecule has 1 aliphatic carbocycles. The molecule has 0 aliphatic heterocycles. The second kappa shape index (κ2) is 10.6. The van der Waals surface area contributed by atoms with Crippen LogP contribution in [0.4, 0.5) is 17.1 Å². The Balaban J connectivity index is 1.98. The van der Waals surface area contributed by atoms with E-state index in [1.807, 2.05) is 6.07 Å². The molecule has 0 amide bonds. The van der Waals surface area contributed by atoms with E-state index >= 15 is 0 Å². The van der Waals surface area contributed by atoms with Gasteiger partial charge in [0.05, 0.1) is 50.4 Å². The van der Waals surface area contributed by atoms with Gasteiger partial charge in [-0.05, 0) is 59.9 Å². The Hall–Kier alpha value is -4.87. The van der Waals surface area contributed by atoms with E-state index in [1.165, 1.54) is 46.6 Å². The van der Waals surface area contributed by atoms with E-state index in [1.54, 1.807) is 12.1 Å². The van der Waals surface area contributed by atoms with Crippen LogP contribution in [0.15, 0.2) is 47.3 Å². The van der Waals surface area contributed by atoms with E-state index in [4.69, 9.17) is 18.9 Å². The van der Waals surface area contributed by atoms with E-state index in [2.05, 4.69) is 5.32 Å². The van der Waals surface area contributed by atoms with Gasteiger partial charge in [-0.1, -0.05) is 0 Å². The first-order chi connectivity index (χ1) is 18.2. The summed E-state index contributed by atoms with van der Waals surface area (Å²) in [5.41, 5.74) is 1.66. The van der Waals surface area contributed by atoms with Crippen molar-refractivity contribution in [3.8, 4) is 34.1 Å². The molecule has 0 spiro atoms. The number of ether oxygens (including phenoxy) is 4. The molecule has 12 nitrogen and oxygen atoms in total. The number of nitrogens with one attached hydrogen (secondary N) is 1. The molecule has 1 N–H and O–H groups in total. The molecule has 4 rings (SSSR count). The van der Waals surface area contributed by atoms with Crippen molar-refractivity contribution in [2.75, 3.05) is 33.8 Å². The average molecular weight is 523 g/mol. The van der Waals surface area contributed by atoms with E-state index in [0.29, 0.717) is 46.8 Å². The van der Waals surface area contributed by atoms with E-state index in [9.17, 15) is 25.0 Å². The Bertz CT molecular complexity index is 1490. The molecule has 0 saturated heterocycles. The fourth-order valence-electron chi connectivity index (χ4n) is 4.70. The molecule has 12 heteroatoms. The Morgan fingerprint density at radius 3 is 2.16 bits per heavy atom. The third kappa shape index (κ3) is 4.63. The van der Waals surface area contributed by atoms with Gasteiger partial charge in [0.2, 0.25) is 11.2 Å². The Morgan fingerprint density at radius 2 is 1.55 bits per heavy atom. The molecule has 0 unspecified atom stereocenters. The molecule has 0 aromatic heterocycles. The van der Waals surface area contributed by atoms with Gasteiger partial charge in [-0.15, -0.1) is 0 Å². The molecule has 1 atom stereocenters. The number of benzene rings is 2. The first-order valence-corrected chi connectivity index (χ1v) is 11.5. The summed E-state index contributed by atoms with van der Waals surface area (Å²) in [7, 11) is 5.89. The number of methoxy groups -OCH3 is 4. The van der Waals surface area contributed by atoms with Gasteiger partial charge in [0, 0.05) is 11.6 Å². The number of anilines is 1. The van der Waals surface area contributed by atoms with Crippen molar-refractivity contribution in [1.82, 2.24) is 0 Å². The highest BCUT2D eigenvalue weighted by Gasteiger charge is 2.30. The van der Waals surface area contributed by atoms with Gasteiger partial charge in [-0.2, -0.15) is 0 Å². The second-order valence-electron chi connectivity index (χ2n) is 8.41. The zero-order valence-corrected chi connectivity index (χ0v) is 21.1. The van der Waals surface area contributed by atoms with Crippen LogP contribution < -0.4 is 29.7 Å². The van der Waals surface area contributed by atoms with Crippen LogP contribution in [-0.2, 0) is 6.42 Å². The maximum absolute atomic E-state index is 12.7. The van der Waals surface area contributed by atoms with Gasteiger partial charge in [0.1, 0.15) is 5.69 Å². The minimum atomic E-state index is -0.692. The molecule has 0 bridgehead atoms. The quantitative estimate of drug-likeness (QED) is 0.326. The van der Waals surface area contributed by atoms with Gasteiger partial charge < -0.3 is 24.3 Å². The number of nitro benzene ring substituents is 2. The smallest absolute Gasteiger partial charge is 0.299 e. The number of nitro groups is 2. The first-order valence-electron chi connectivity index (χ1n) is 11.5. The third-order valence-electron chi connectivity index (χ3n) is 6.44. The monoisotopic (exact) mass is 523 g/mol. The molecular formula is C26H25N3O9. The molecule has 0 heterocycles. The molecule has 38 heavy (non-hydrogen) atoms. The molecule has 3 aromatic carbocycles. The van der Waals surface area contributed by atoms with Crippen molar-refractivity contribution in [3.63, 3.8) is 0 Å². The number of nitrogens with zero attached hydrogens (tertiary/aromatic N) is 2. The second-order valence-corrected chi connectivity index (χ2v) is 8.41. The number of non-ortho nitro benzene ring substituents is 1. The summed E-state index contributed by atoms with van der Waals surface area (Å²) in [6.07, 6.45) is 0.934. The zero-order valence-electron chi connectivity index (χ0n) is 21.1. The van der Waals surface area contributed by atoms with Crippen LogP contribution in [-0.4, -0.2) is 38.3 Å². The highest BCUT2D eigenvalue weighted by atomic mass is 16.6. The van der Waals surface area contributed by atoms with Crippen LogP contribution in [0.25, 0.3) is 11.1 Å². The maximum atomic E-state index is 12.7. The molecule has 3 aromatic rings. The van der Waals surface area contributed by atoms with Gasteiger partial charge in [0.15, 0.2) is 17.2 Å². The largest absolute Gasteiger partial charge is 0.493 e. The minimum Gasteiger partial charge on any atom is -0.493 e. The average Bonchev–Trinajstić information content (AvgIpc) is 3.16. The van der Waals surface area contributed by atoms with Crippen molar-refractivity contribution in [2.24, 2.45) is 0 Å². The van der Waals surface area contributed by atoms with Crippen LogP contribution in [0.5, 0.6) is 23.0 Å². The fraction of sp³-hybridized carbons (Fsp3) is 0.269. The highest BCUT2D eigenvalue weighted by Crippen LogP contribution is 2.51. The number of fused-ring (bicyclic) bond motifs is 3. The summed E-state index contributed by atoms with van der Waals surface area (Å²) in [6, 6.07) is 9.32. The third-order valence-corrected chi connectivity index (χ3v) is 6.44. The van der Waals surface area contributed by atoms with E-state index < -0.39 is 27.3 Å². The number of hydrogen-bond acceptors (Lipinski definition) is 10. The lowest BCUT2D eigenvalue weighted by atomic mass is 9.95. The van der Waals surface area contributed by atoms with Crippen molar-refractivity contribution >= 4 is 17.1 Å². The summed E-state index contributed by atoms with van der Waals surface area (Å²) in [5, 5.41) is 26.2. The van der Waals surface area contributed by atoms with Crippen molar-refractivity contribution < 1.29 is 28.8 Å². The van der Waals surface area contributed by atoms with Crippen molar-refractivity contribution in [1.29, 1.82) is 0 Å². The summed E-state index contributed by atoms with van der Waals surface area (Å²) in [6.45, 7) is 0. The fourth-order valence-corrected chi connectivity index (χ4v) is 4.70. The molecular weight excluding hydrogens is 498 g/mol. The molecule has 198 valence electrons. The standard InChI is InChI=1S/C26H25N3O9/c1-35-22-13-17-16(7-10-21(22)30)24-14(11-23(36-2)25(37-3)26(24)38-4)5-8-18(17)27-19-9-6-15(28(31)32)12-20(19)29(33)34/h6-7,9-13,18,27H,5,8H2,1-4H3/t18-/m0/s1. The van der Waals surface area contributed by atoms with Crippen LogP contribution in [0.2, 0.25) is 0 Å². The van der Waals surface area contributed by atoms with Gasteiger partial charge >= 0.3 is 0 Å². The normalized spacial score (nSPS) is 13.8. The van der Waals surface area contributed by atoms with E-state index in [0.717, 1.165) is 11.6 Å². The van der Waals surface area contributed by atoms with Crippen molar-refractivity contribution in [2.45, 2.75) is 18.9 Å². The Labute approximate surface area is 217 Å². The maximum Gasteiger partial charge on any atom is 0.299 e. The van der Waals surface area contributed by atoms with Crippen LogP contribution in [0, 0.1) is 20.2 Å². The molecule has 0 fully saturated rings. The summed E-state index contributed by atoms with van der Waals surface area (Å²) in [4.78, 5) is 34.3.